The number of nitrogens with zero attached hydrogens (tertiary/aromatic N) is 1. The molecule has 4 atom stereocenters. The summed E-state index contributed by atoms with van der Waals surface area (Å²) in [5.74, 6) is 0.840. The van der Waals surface area contributed by atoms with E-state index in [1.807, 2.05) is 31.2 Å². The van der Waals surface area contributed by atoms with E-state index < -0.39 is 6.04 Å². The van der Waals surface area contributed by atoms with Crippen LogP contribution in [0.1, 0.15) is 43.0 Å². The van der Waals surface area contributed by atoms with Gasteiger partial charge in [0.25, 0.3) is 0 Å². The number of rotatable bonds is 7. The first kappa shape index (κ1) is 27.7. The van der Waals surface area contributed by atoms with Crippen molar-refractivity contribution in [2.75, 3.05) is 12.3 Å². The third-order valence-corrected chi connectivity index (χ3v) is 5.94. The van der Waals surface area contributed by atoms with Gasteiger partial charge in [0.1, 0.15) is 11.9 Å². The average Bonchev–Trinajstić information content (AvgIpc) is 3.23. The van der Waals surface area contributed by atoms with Gasteiger partial charge in [-0.1, -0.05) is 43.3 Å². The number of anilines is 1. The Kier molecular flexibility index (Phi) is 10.9. The molecule has 1 aliphatic heterocycles. The van der Waals surface area contributed by atoms with Crippen LogP contribution in [0, 0.1) is 12.8 Å². The summed E-state index contributed by atoms with van der Waals surface area (Å²) in [5.41, 5.74) is 8.61. The second kappa shape index (κ2) is 12.6. The van der Waals surface area contributed by atoms with E-state index in [0.717, 1.165) is 24.2 Å². The maximum absolute atomic E-state index is 12.7. The van der Waals surface area contributed by atoms with Crippen LogP contribution < -0.4 is 21.7 Å². The molecule has 1 saturated heterocycles. The molecule has 0 saturated carbocycles. The smallest absolute Gasteiger partial charge is 0.242 e. The molecule has 0 bridgehead atoms. The van der Waals surface area contributed by atoms with Crippen LogP contribution in [-0.2, 0) is 16.1 Å². The molecule has 3 rings (SSSR count). The summed E-state index contributed by atoms with van der Waals surface area (Å²) in [5, 5.41) is 8.99. The van der Waals surface area contributed by atoms with E-state index in [1.165, 1.54) is 5.56 Å². The fraction of sp³-hybridized carbons (Fsp3) is 0.435. The Morgan fingerprint density at radius 1 is 1.16 bits per heavy atom. The topological polar surface area (TPSA) is 109 Å². The number of hydrogen-bond donors (Lipinski definition) is 4. The van der Waals surface area contributed by atoms with Crippen molar-refractivity contribution in [3.05, 3.63) is 59.3 Å². The second-order valence-corrected chi connectivity index (χ2v) is 8.08. The van der Waals surface area contributed by atoms with Gasteiger partial charge in [-0.05, 0) is 55.8 Å². The van der Waals surface area contributed by atoms with Crippen LogP contribution in [0.4, 0.5) is 5.82 Å². The Morgan fingerprint density at radius 2 is 1.84 bits per heavy atom. The monoisotopic (exact) mass is 481 g/mol. The van der Waals surface area contributed by atoms with Gasteiger partial charge < -0.3 is 21.7 Å². The fourth-order valence-corrected chi connectivity index (χ4v) is 3.88. The Morgan fingerprint density at radius 3 is 2.50 bits per heavy atom. The first-order valence-corrected chi connectivity index (χ1v) is 10.4. The van der Waals surface area contributed by atoms with Gasteiger partial charge in [0.2, 0.25) is 11.8 Å². The molecular formula is C23H33Cl2N5O2. The fourth-order valence-electron chi connectivity index (χ4n) is 3.88. The van der Waals surface area contributed by atoms with Crippen molar-refractivity contribution in [1.82, 2.24) is 20.9 Å². The van der Waals surface area contributed by atoms with Crippen LogP contribution >= 0.6 is 24.8 Å². The van der Waals surface area contributed by atoms with Crippen LogP contribution in [0.25, 0.3) is 0 Å². The quantitative estimate of drug-likeness (QED) is 0.485. The number of carbonyl (C=O) groups is 2. The molecular weight excluding hydrogens is 449 g/mol. The number of carbonyl (C=O) groups excluding carboxylic acids is 2. The minimum Gasteiger partial charge on any atom is -0.384 e. The van der Waals surface area contributed by atoms with Gasteiger partial charge in [-0.2, -0.15) is 0 Å². The zero-order valence-electron chi connectivity index (χ0n) is 18.6. The second-order valence-electron chi connectivity index (χ2n) is 8.08. The zero-order chi connectivity index (χ0) is 21.7. The molecule has 1 fully saturated rings. The van der Waals surface area contributed by atoms with E-state index in [0.29, 0.717) is 24.2 Å². The van der Waals surface area contributed by atoms with Gasteiger partial charge in [-0.15, -0.1) is 24.8 Å². The van der Waals surface area contributed by atoms with E-state index in [4.69, 9.17) is 5.73 Å². The summed E-state index contributed by atoms with van der Waals surface area (Å²) in [6.07, 6.45) is 0.756. The van der Waals surface area contributed by atoms with Crippen molar-refractivity contribution in [3.8, 4) is 0 Å². The highest BCUT2D eigenvalue weighted by molar-refractivity contribution is 5.89. The number of halogens is 2. The lowest BCUT2D eigenvalue weighted by Gasteiger charge is -2.20. The van der Waals surface area contributed by atoms with E-state index in [1.54, 1.807) is 13.0 Å². The highest BCUT2D eigenvalue weighted by atomic mass is 35.5. The molecule has 2 amide bonds. The number of nitrogen functional groups attached to an aromatic ring is 1. The molecule has 1 aromatic heterocycles. The van der Waals surface area contributed by atoms with Crippen molar-refractivity contribution in [3.63, 3.8) is 0 Å². The predicted octanol–water partition coefficient (Wildman–Crippen LogP) is 2.72. The highest BCUT2D eigenvalue weighted by Gasteiger charge is 2.33. The van der Waals surface area contributed by atoms with Crippen molar-refractivity contribution in [1.29, 1.82) is 0 Å². The lowest BCUT2D eigenvalue weighted by Crippen LogP contribution is -2.50. The van der Waals surface area contributed by atoms with E-state index in [2.05, 4.69) is 40.0 Å². The summed E-state index contributed by atoms with van der Waals surface area (Å²) in [6.45, 7) is 6.88. The van der Waals surface area contributed by atoms with Crippen LogP contribution in [0.15, 0.2) is 42.5 Å². The highest BCUT2D eigenvalue weighted by Crippen LogP contribution is 2.30. The van der Waals surface area contributed by atoms with E-state index in [-0.39, 0.29) is 42.7 Å². The Labute approximate surface area is 202 Å². The third kappa shape index (κ3) is 7.08. The van der Waals surface area contributed by atoms with Gasteiger partial charge in [0.05, 0.1) is 6.04 Å². The Hall–Kier alpha value is -2.35. The van der Waals surface area contributed by atoms with Crippen molar-refractivity contribution >= 4 is 42.4 Å². The molecule has 7 nitrogen and oxygen atoms in total. The van der Waals surface area contributed by atoms with Gasteiger partial charge in [0, 0.05) is 12.2 Å². The molecule has 32 heavy (non-hydrogen) atoms. The summed E-state index contributed by atoms with van der Waals surface area (Å²) in [7, 11) is 0. The standard InChI is InChI=1S/C23H31N5O2.2ClH/c1-14(17-7-5-4-6-8-17)19-11-20(25-13-19)23(30)28-16(3)22(29)26-12-18-9-10-21(24)27-15(18)2;;/h4-10,14,16,19-20,25H,11-13H2,1-3H3,(H2,24,27)(H,26,29)(H,28,30);2*1H/t14?,16?,19-,20-;;/m1../s1. The van der Waals surface area contributed by atoms with Crippen molar-refractivity contribution < 1.29 is 9.59 Å². The largest absolute Gasteiger partial charge is 0.384 e. The number of aryl methyl sites for hydroxylation is 1. The molecule has 2 heterocycles. The molecule has 1 aromatic carbocycles. The lowest BCUT2D eigenvalue weighted by atomic mass is 9.86. The van der Waals surface area contributed by atoms with Gasteiger partial charge in [-0.3, -0.25) is 9.59 Å². The molecule has 9 heteroatoms. The average molecular weight is 482 g/mol. The van der Waals surface area contributed by atoms with Crippen molar-refractivity contribution in [2.24, 2.45) is 5.92 Å². The van der Waals surface area contributed by atoms with Gasteiger partial charge >= 0.3 is 0 Å². The molecule has 0 aliphatic carbocycles. The molecule has 0 spiro atoms. The first-order chi connectivity index (χ1) is 14.3. The first-order valence-electron chi connectivity index (χ1n) is 10.4. The van der Waals surface area contributed by atoms with E-state index in [9.17, 15) is 9.59 Å². The van der Waals surface area contributed by atoms with Crippen LogP contribution in [0.3, 0.4) is 0 Å². The number of amides is 2. The number of nitrogens with two attached hydrogens (primary N) is 1. The van der Waals surface area contributed by atoms with Crippen LogP contribution in [0.2, 0.25) is 0 Å². The summed E-state index contributed by atoms with van der Waals surface area (Å²) >= 11 is 0. The maximum atomic E-state index is 12.7. The number of aromatic nitrogens is 1. The molecule has 0 radical (unpaired) electrons. The normalized spacial score (nSPS) is 19.1. The maximum Gasteiger partial charge on any atom is 0.242 e. The number of hydrogen-bond acceptors (Lipinski definition) is 5. The van der Waals surface area contributed by atoms with Crippen molar-refractivity contribution in [2.45, 2.75) is 51.7 Å². The van der Waals surface area contributed by atoms with Crippen LogP contribution in [-0.4, -0.2) is 35.4 Å². The molecule has 1 aliphatic rings. The zero-order valence-corrected chi connectivity index (χ0v) is 20.3. The van der Waals surface area contributed by atoms with Gasteiger partial charge in [-0.25, -0.2) is 4.98 Å². The number of nitrogens with one attached hydrogen (secondary N) is 3. The molecule has 176 valence electrons. The SMILES string of the molecule is Cc1nc(N)ccc1CNC(=O)C(C)NC(=O)[C@H]1C[C@@H](C(C)c2ccccc2)CN1.Cl.Cl. The molecule has 2 aromatic rings. The molecule has 2 unspecified atom stereocenters. The summed E-state index contributed by atoms with van der Waals surface area (Å²) in [6, 6.07) is 13.0. The molecule has 5 N–H and O–H groups in total. The number of benzene rings is 1. The predicted molar refractivity (Wildman–Crippen MR) is 132 cm³/mol. The summed E-state index contributed by atoms with van der Waals surface area (Å²) in [4.78, 5) is 29.3. The van der Waals surface area contributed by atoms with Gasteiger partial charge in [0.15, 0.2) is 0 Å². The minimum absolute atomic E-state index is 0. The van der Waals surface area contributed by atoms with E-state index >= 15 is 0 Å². The lowest BCUT2D eigenvalue weighted by molar-refractivity contribution is -0.129. The summed E-state index contributed by atoms with van der Waals surface area (Å²) < 4.78 is 0. The number of pyridine rings is 1. The van der Waals surface area contributed by atoms with Crippen LogP contribution in [0.5, 0.6) is 0 Å². The third-order valence-electron chi connectivity index (χ3n) is 5.94. The minimum atomic E-state index is -0.619. The Bertz CT molecular complexity index is 897. The Balaban J connectivity index is 0.00000256.